The summed E-state index contributed by atoms with van der Waals surface area (Å²) < 4.78 is 29.0. The van der Waals surface area contributed by atoms with E-state index >= 15 is 0 Å². The highest BCUT2D eigenvalue weighted by molar-refractivity contribution is 7.86. The fourth-order valence-corrected chi connectivity index (χ4v) is 5.97. The zero-order chi connectivity index (χ0) is 17.0. The molecule has 0 bridgehead atoms. The molecule has 2 heterocycles. The molecule has 3 fully saturated rings. The summed E-state index contributed by atoms with van der Waals surface area (Å²) in [4.78, 5) is 12.5. The molecule has 0 aromatic carbocycles. The average Bonchev–Trinajstić information content (AvgIpc) is 2.93. The Morgan fingerprint density at radius 3 is 2.08 bits per heavy atom. The van der Waals surface area contributed by atoms with E-state index in [0.717, 1.165) is 51.4 Å². The molecular weight excluding hydrogens is 326 g/mol. The third-order valence-electron chi connectivity index (χ3n) is 5.67. The first-order valence-corrected chi connectivity index (χ1v) is 11.0. The lowest BCUT2D eigenvalue weighted by molar-refractivity contribution is -0.126. The molecule has 6 nitrogen and oxygen atoms in total. The summed E-state index contributed by atoms with van der Waals surface area (Å²) in [6.45, 7) is 2.14. The lowest BCUT2D eigenvalue weighted by atomic mass is 9.98. The maximum absolute atomic E-state index is 12.9. The van der Waals surface area contributed by atoms with Crippen molar-refractivity contribution >= 4 is 16.1 Å². The molecule has 1 atom stereocenters. The Kier molecular flexibility index (Phi) is 6.16. The summed E-state index contributed by atoms with van der Waals surface area (Å²) in [5.74, 6) is -0.140. The smallest absolute Gasteiger partial charge is 0.281 e. The Morgan fingerprint density at radius 2 is 1.42 bits per heavy atom. The van der Waals surface area contributed by atoms with Crippen molar-refractivity contribution in [3.05, 3.63) is 0 Å². The van der Waals surface area contributed by atoms with Crippen molar-refractivity contribution in [2.45, 2.75) is 70.3 Å². The molecule has 24 heavy (non-hydrogen) atoms. The Labute approximate surface area is 146 Å². The predicted octanol–water partition coefficient (Wildman–Crippen LogP) is 1.88. The number of hydrogen-bond donors (Lipinski definition) is 1. The Morgan fingerprint density at radius 1 is 0.792 bits per heavy atom. The molecule has 0 aromatic rings. The van der Waals surface area contributed by atoms with Gasteiger partial charge in [-0.2, -0.15) is 17.0 Å². The lowest BCUT2D eigenvalue weighted by Gasteiger charge is -2.35. The van der Waals surface area contributed by atoms with Crippen molar-refractivity contribution < 1.29 is 13.2 Å². The van der Waals surface area contributed by atoms with Crippen molar-refractivity contribution in [3.8, 4) is 0 Å². The molecule has 3 rings (SSSR count). The highest BCUT2D eigenvalue weighted by Crippen LogP contribution is 2.24. The molecule has 0 aromatic heterocycles. The van der Waals surface area contributed by atoms with E-state index in [-0.39, 0.29) is 11.8 Å². The van der Waals surface area contributed by atoms with Crippen LogP contribution in [0.1, 0.15) is 64.2 Å². The number of carbonyl (C=O) groups is 1. The van der Waals surface area contributed by atoms with Crippen LogP contribution in [0.3, 0.4) is 0 Å². The van der Waals surface area contributed by atoms with Crippen LogP contribution in [0, 0.1) is 5.92 Å². The lowest BCUT2D eigenvalue weighted by Crippen LogP contribution is -2.51. The maximum atomic E-state index is 12.9. The number of piperidine rings is 1. The molecule has 1 N–H and O–H groups in total. The number of hydrogen-bond acceptors (Lipinski definition) is 3. The quantitative estimate of drug-likeness (QED) is 0.835. The first-order chi connectivity index (χ1) is 11.6. The van der Waals surface area contributed by atoms with Crippen molar-refractivity contribution in [1.29, 1.82) is 0 Å². The Hall–Kier alpha value is -0.660. The number of amides is 1. The maximum Gasteiger partial charge on any atom is 0.281 e. The van der Waals surface area contributed by atoms with Gasteiger partial charge in [0.2, 0.25) is 5.91 Å². The largest absolute Gasteiger partial charge is 0.353 e. The van der Waals surface area contributed by atoms with Gasteiger partial charge in [-0.3, -0.25) is 4.79 Å². The van der Waals surface area contributed by atoms with E-state index in [0.29, 0.717) is 32.2 Å². The van der Waals surface area contributed by atoms with Gasteiger partial charge in [0.1, 0.15) is 0 Å². The van der Waals surface area contributed by atoms with E-state index in [1.165, 1.54) is 12.8 Å². The molecule has 7 heteroatoms. The third kappa shape index (κ3) is 4.29. The van der Waals surface area contributed by atoms with Gasteiger partial charge in [0.25, 0.3) is 10.2 Å². The van der Waals surface area contributed by atoms with Gasteiger partial charge in [-0.25, -0.2) is 0 Å². The molecule has 1 unspecified atom stereocenters. The number of rotatable bonds is 4. The van der Waals surface area contributed by atoms with E-state index in [1.54, 1.807) is 8.61 Å². The van der Waals surface area contributed by atoms with Crippen molar-refractivity contribution in [1.82, 2.24) is 13.9 Å². The van der Waals surface area contributed by atoms with Crippen LogP contribution in [0.25, 0.3) is 0 Å². The Bertz CT molecular complexity index is 523. The summed E-state index contributed by atoms with van der Waals surface area (Å²) in [5.41, 5.74) is 0. The van der Waals surface area contributed by atoms with Gasteiger partial charge in [0.15, 0.2) is 0 Å². The van der Waals surface area contributed by atoms with E-state index < -0.39 is 10.2 Å². The fraction of sp³-hybridized carbons (Fsp3) is 0.941. The van der Waals surface area contributed by atoms with Gasteiger partial charge in [0.05, 0.1) is 5.92 Å². The molecule has 0 radical (unpaired) electrons. The highest BCUT2D eigenvalue weighted by Gasteiger charge is 2.36. The van der Waals surface area contributed by atoms with E-state index in [2.05, 4.69) is 5.32 Å². The topological polar surface area (TPSA) is 69.7 Å². The van der Waals surface area contributed by atoms with Gasteiger partial charge in [-0.15, -0.1) is 0 Å². The van der Waals surface area contributed by atoms with Crippen LogP contribution in [0.2, 0.25) is 0 Å². The van der Waals surface area contributed by atoms with Gasteiger partial charge < -0.3 is 5.32 Å². The number of carbonyl (C=O) groups excluding carboxylic acids is 1. The second-order valence-corrected chi connectivity index (χ2v) is 9.44. The first-order valence-electron chi connectivity index (χ1n) is 9.63. The van der Waals surface area contributed by atoms with Crippen LogP contribution < -0.4 is 5.32 Å². The standard InChI is InChI=1S/C17H31N3O3S/c21-17(18-16-9-3-4-10-16)15-8-7-13-20(14-15)24(22,23)19-11-5-1-2-6-12-19/h15-16H,1-14H2,(H,18,21). The SMILES string of the molecule is O=C(NC1CCCC1)C1CCCN(S(=O)(=O)N2CCCCCC2)C1. The molecule has 1 saturated carbocycles. The van der Waals surface area contributed by atoms with Gasteiger partial charge >= 0.3 is 0 Å². The summed E-state index contributed by atoms with van der Waals surface area (Å²) >= 11 is 0. The van der Waals surface area contributed by atoms with E-state index in [9.17, 15) is 13.2 Å². The monoisotopic (exact) mass is 357 g/mol. The predicted molar refractivity (Wildman–Crippen MR) is 93.7 cm³/mol. The zero-order valence-electron chi connectivity index (χ0n) is 14.6. The van der Waals surface area contributed by atoms with Crippen LogP contribution in [0.15, 0.2) is 0 Å². The summed E-state index contributed by atoms with van der Waals surface area (Å²) in [6, 6.07) is 0.301. The molecule has 2 saturated heterocycles. The Balaban J connectivity index is 1.60. The van der Waals surface area contributed by atoms with Crippen LogP contribution >= 0.6 is 0 Å². The van der Waals surface area contributed by atoms with Crippen molar-refractivity contribution in [2.75, 3.05) is 26.2 Å². The fourth-order valence-electron chi connectivity index (χ4n) is 4.19. The number of nitrogens with zero attached hydrogens (tertiary/aromatic N) is 2. The van der Waals surface area contributed by atoms with Crippen LogP contribution in [0.4, 0.5) is 0 Å². The van der Waals surface area contributed by atoms with Crippen molar-refractivity contribution in [2.24, 2.45) is 5.92 Å². The van der Waals surface area contributed by atoms with Crippen molar-refractivity contribution in [3.63, 3.8) is 0 Å². The highest BCUT2D eigenvalue weighted by atomic mass is 32.2. The summed E-state index contributed by atoms with van der Waals surface area (Å²) in [7, 11) is -3.42. The van der Waals surface area contributed by atoms with Crippen LogP contribution in [-0.2, 0) is 15.0 Å². The first kappa shape index (κ1) is 18.1. The molecule has 0 spiro atoms. The van der Waals surface area contributed by atoms with E-state index in [4.69, 9.17) is 0 Å². The minimum atomic E-state index is -3.42. The normalized spacial score (nSPS) is 28.6. The van der Waals surface area contributed by atoms with E-state index in [1.807, 2.05) is 0 Å². The zero-order valence-corrected chi connectivity index (χ0v) is 15.4. The van der Waals surface area contributed by atoms with Gasteiger partial charge in [-0.1, -0.05) is 25.7 Å². The second-order valence-electron chi connectivity index (χ2n) is 7.51. The average molecular weight is 358 g/mol. The molecule has 1 amide bonds. The molecule has 1 aliphatic carbocycles. The molecule has 2 aliphatic heterocycles. The molecular formula is C17H31N3O3S. The summed E-state index contributed by atoms with van der Waals surface area (Å²) in [6.07, 6.45) is 10.2. The minimum absolute atomic E-state index is 0.0534. The second kappa shape index (κ2) is 8.15. The summed E-state index contributed by atoms with van der Waals surface area (Å²) in [5, 5.41) is 3.14. The molecule has 3 aliphatic rings. The van der Waals surface area contributed by atoms with Gasteiger partial charge in [0, 0.05) is 32.2 Å². The third-order valence-corrected chi connectivity index (χ3v) is 7.68. The molecule has 138 valence electrons. The minimum Gasteiger partial charge on any atom is -0.353 e. The van der Waals surface area contributed by atoms with Crippen LogP contribution in [0.5, 0.6) is 0 Å². The van der Waals surface area contributed by atoms with Gasteiger partial charge in [-0.05, 0) is 38.5 Å². The van der Waals surface area contributed by atoms with Crippen LogP contribution in [-0.4, -0.2) is 55.2 Å². The number of nitrogens with one attached hydrogen (secondary N) is 1.